The molecule has 0 fully saturated rings. The van der Waals surface area contributed by atoms with E-state index in [1.54, 1.807) is 13.2 Å². The molecule has 5 nitrogen and oxygen atoms in total. The highest BCUT2D eigenvalue weighted by atomic mass is 16.5. The van der Waals surface area contributed by atoms with E-state index >= 15 is 0 Å². The number of methoxy groups -OCH3 is 2. The van der Waals surface area contributed by atoms with Gasteiger partial charge in [0.05, 0.1) is 7.11 Å². The lowest BCUT2D eigenvalue weighted by molar-refractivity contribution is 0.0552. The highest BCUT2D eigenvalue weighted by molar-refractivity contribution is 5.86. The molecule has 1 heterocycles. The molecule has 1 aromatic rings. The third kappa shape index (κ3) is 3.36. The Morgan fingerprint density at radius 2 is 2.25 bits per heavy atom. The van der Waals surface area contributed by atoms with Crippen molar-refractivity contribution in [3.8, 4) is 0 Å². The number of aliphatic hydroxyl groups is 1. The Balaban J connectivity index is 2.52. The molecular formula is C11H16O5. The van der Waals surface area contributed by atoms with Crippen molar-refractivity contribution in [1.29, 1.82) is 0 Å². The zero-order valence-corrected chi connectivity index (χ0v) is 9.43. The number of hydrogen-bond acceptors (Lipinski definition) is 5. The molecule has 1 aromatic heterocycles. The van der Waals surface area contributed by atoms with Crippen LogP contribution in [0.3, 0.4) is 0 Å². The molecule has 90 valence electrons. The Hall–Kier alpha value is -1.33. The summed E-state index contributed by atoms with van der Waals surface area (Å²) in [6.07, 6.45) is 0.544. The lowest BCUT2D eigenvalue weighted by Crippen LogP contribution is -2.00. The predicted octanol–water partition coefficient (Wildman–Crippen LogP) is 1.53. The average Bonchev–Trinajstić information content (AvgIpc) is 2.77. The number of esters is 1. The van der Waals surface area contributed by atoms with E-state index < -0.39 is 12.1 Å². The van der Waals surface area contributed by atoms with Crippen molar-refractivity contribution < 1.29 is 23.8 Å². The first-order valence-corrected chi connectivity index (χ1v) is 5.04. The zero-order valence-electron chi connectivity index (χ0n) is 9.43. The summed E-state index contributed by atoms with van der Waals surface area (Å²) in [6, 6.07) is 3.06. The molecule has 0 radical (unpaired) electrons. The summed E-state index contributed by atoms with van der Waals surface area (Å²) >= 11 is 0. The van der Waals surface area contributed by atoms with Gasteiger partial charge in [-0.2, -0.15) is 0 Å². The fourth-order valence-corrected chi connectivity index (χ4v) is 1.31. The molecule has 1 N–H and O–H groups in total. The standard InChI is InChI=1S/C11H16O5/c1-14-7-3-4-8(12)9-5-6-10(16-9)11(13)15-2/h5-6,8,12H,3-4,7H2,1-2H3. The fourth-order valence-electron chi connectivity index (χ4n) is 1.31. The molecule has 16 heavy (non-hydrogen) atoms. The molecule has 0 amide bonds. The first-order chi connectivity index (χ1) is 7.69. The van der Waals surface area contributed by atoms with E-state index in [1.807, 2.05) is 0 Å². The predicted molar refractivity (Wildman–Crippen MR) is 56.1 cm³/mol. The molecule has 1 rings (SSSR count). The van der Waals surface area contributed by atoms with Gasteiger partial charge in [0.2, 0.25) is 5.76 Å². The number of rotatable bonds is 6. The summed E-state index contributed by atoms with van der Waals surface area (Å²) in [5.74, 6) is -0.0739. The molecule has 0 aliphatic heterocycles. The smallest absolute Gasteiger partial charge is 0.373 e. The Bertz CT molecular complexity index is 331. The van der Waals surface area contributed by atoms with Crippen molar-refractivity contribution in [1.82, 2.24) is 0 Å². The van der Waals surface area contributed by atoms with Crippen LogP contribution in [0.2, 0.25) is 0 Å². The van der Waals surface area contributed by atoms with E-state index in [2.05, 4.69) is 4.74 Å². The Labute approximate surface area is 94.0 Å². The lowest BCUT2D eigenvalue weighted by atomic mass is 10.1. The van der Waals surface area contributed by atoms with Gasteiger partial charge >= 0.3 is 5.97 Å². The molecule has 0 saturated carbocycles. The van der Waals surface area contributed by atoms with Crippen LogP contribution < -0.4 is 0 Å². The van der Waals surface area contributed by atoms with Crippen molar-refractivity contribution >= 4 is 5.97 Å². The van der Waals surface area contributed by atoms with E-state index in [1.165, 1.54) is 13.2 Å². The normalized spacial score (nSPS) is 12.4. The Morgan fingerprint density at radius 3 is 2.88 bits per heavy atom. The summed E-state index contributed by atoms with van der Waals surface area (Å²) < 4.78 is 14.5. The summed E-state index contributed by atoms with van der Waals surface area (Å²) in [6.45, 7) is 0.585. The van der Waals surface area contributed by atoms with Gasteiger partial charge in [-0.1, -0.05) is 0 Å². The van der Waals surface area contributed by atoms with Crippen LogP contribution in [-0.4, -0.2) is 31.9 Å². The molecule has 1 unspecified atom stereocenters. The van der Waals surface area contributed by atoms with Crippen molar-refractivity contribution in [2.24, 2.45) is 0 Å². The topological polar surface area (TPSA) is 68.9 Å². The van der Waals surface area contributed by atoms with Gasteiger partial charge in [-0.15, -0.1) is 0 Å². The molecule has 0 saturated heterocycles. The van der Waals surface area contributed by atoms with Crippen molar-refractivity contribution in [3.05, 3.63) is 23.7 Å². The molecule has 5 heteroatoms. The molecule has 0 aliphatic rings. The van der Waals surface area contributed by atoms with Crippen LogP contribution in [0.1, 0.15) is 35.3 Å². The van der Waals surface area contributed by atoms with Crippen molar-refractivity contribution in [2.45, 2.75) is 18.9 Å². The summed E-state index contributed by atoms with van der Waals surface area (Å²) in [4.78, 5) is 11.1. The van der Waals surface area contributed by atoms with Crippen molar-refractivity contribution in [2.75, 3.05) is 20.8 Å². The van der Waals surface area contributed by atoms with Gasteiger partial charge in [0.1, 0.15) is 11.9 Å². The fraction of sp³-hybridized carbons (Fsp3) is 0.545. The molecule has 0 aliphatic carbocycles. The van der Waals surface area contributed by atoms with Crippen LogP contribution in [-0.2, 0) is 9.47 Å². The Kier molecular flexibility index (Phi) is 5.01. The summed E-state index contributed by atoms with van der Waals surface area (Å²) in [5, 5.41) is 9.71. The molecule has 0 aromatic carbocycles. The number of hydrogen-bond donors (Lipinski definition) is 1. The van der Waals surface area contributed by atoms with Gasteiger partial charge in [0.25, 0.3) is 0 Å². The SMILES string of the molecule is COCCCC(O)c1ccc(C(=O)OC)o1. The quantitative estimate of drug-likeness (QED) is 0.590. The van der Waals surface area contributed by atoms with Gasteiger partial charge in [-0.3, -0.25) is 0 Å². The second kappa shape index (κ2) is 6.30. The van der Waals surface area contributed by atoms with Gasteiger partial charge < -0.3 is 19.0 Å². The van der Waals surface area contributed by atoms with Crippen LogP contribution in [0.5, 0.6) is 0 Å². The van der Waals surface area contributed by atoms with Crippen molar-refractivity contribution in [3.63, 3.8) is 0 Å². The average molecular weight is 228 g/mol. The second-order valence-electron chi connectivity index (χ2n) is 3.34. The van der Waals surface area contributed by atoms with Crippen LogP contribution in [0.15, 0.2) is 16.5 Å². The Morgan fingerprint density at radius 1 is 1.50 bits per heavy atom. The van der Waals surface area contributed by atoms with Gasteiger partial charge in [-0.25, -0.2) is 4.79 Å². The number of furan rings is 1. The third-order valence-electron chi connectivity index (χ3n) is 2.17. The summed E-state index contributed by atoms with van der Waals surface area (Å²) in [7, 11) is 2.88. The molecule has 1 atom stereocenters. The van der Waals surface area contributed by atoms with E-state index in [0.29, 0.717) is 18.8 Å². The number of carbonyl (C=O) groups is 1. The minimum Gasteiger partial charge on any atom is -0.463 e. The van der Waals surface area contributed by atoms with Gasteiger partial charge in [0.15, 0.2) is 0 Å². The number of carbonyl (C=O) groups excluding carboxylic acids is 1. The van der Waals surface area contributed by atoms with E-state index in [9.17, 15) is 9.90 Å². The van der Waals surface area contributed by atoms with Crippen LogP contribution in [0.25, 0.3) is 0 Å². The highest BCUT2D eigenvalue weighted by Gasteiger charge is 2.16. The second-order valence-corrected chi connectivity index (χ2v) is 3.34. The minimum absolute atomic E-state index is 0.100. The van der Waals surface area contributed by atoms with E-state index in [4.69, 9.17) is 9.15 Å². The highest BCUT2D eigenvalue weighted by Crippen LogP contribution is 2.21. The van der Waals surface area contributed by atoms with Gasteiger partial charge in [0, 0.05) is 13.7 Å². The van der Waals surface area contributed by atoms with E-state index in [0.717, 1.165) is 6.42 Å². The largest absolute Gasteiger partial charge is 0.463 e. The number of aliphatic hydroxyl groups excluding tert-OH is 1. The molecule has 0 bridgehead atoms. The maximum absolute atomic E-state index is 11.1. The summed E-state index contributed by atoms with van der Waals surface area (Å²) in [5.41, 5.74) is 0. The lowest BCUT2D eigenvalue weighted by Gasteiger charge is -2.06. The first kappa shape index (κ1) is 12.7. The molecule has 0 spiro atoms. The monoisotopic (exact) mass is 228 g/mol. The van der Waals surface area contributed by atoms with Crippen LogP contribution in [0.4, 0.5) is 0 Å². The maximum Gasteiger partial charge on any atom is 0.373 e. The van der Waals surface area contributed by atoms with E-state index in [-0.39, 0.29) is 5.76 Å². The third-order valence-corrected chi connectivity index (χ3v) is 2.17. The van der Waals surface area contributed by atoms with Gasteiger partial charge in [-0.05, 0) is 25.0 Å². The maximum atomic E-state index is 11.1. The zero-order chi connectivity index (χ0) is 12.0. The first-order valence-electron chi connectivity index (χ1n) is 5.04. The molecular weight excluding hydrogens is 212 g/mol. The van der Waals surface area contributed by atoms with Crippen LogP contribution >= 0.6 is 0 Å². The number of ether oxygens (including phenoxy) is 2. The van der Waals surface area contributed by atoms with Crippen LogP contribution in [0, 0.1) is 0 Å². The minimum atomic E-state index is -0.714.